The van der Waals surface area contributed by atoms with Gasteiger partial charge in [-0.25, -0.2) is 0 Å². The molecule has 0 radical (unpaired) electrons. The topological polar surface area (TPSA) is 25.2 Å². The van der Waals surface area contributed by atoms with Gasteiger partial charge in [0.25, 0.3) is 0 Å². The van der Waals surface area contributed by atoms with Gasteiger partial charge >= 0.3 is 0 Å². The Bertz CT molecular complexity index is 329. The lowest BCUT2D eigenvalue weighted by Gasteiger charge is -2.11. The number of hydrogen-bond acceptors (Lipinski definition) is 3. The van der Waals surface area contributed by atoms with Crippen molar-refractivity contribution in [3.05, 3.63) is 23.1 Å². The number of nitrogens with one attached hydrogen (secondary N) is 1. The maximum atomic E-state index is 5.72. The Hall–Kier alpha value is -0.120. The van der Waals surface area contributed by atoms with E-state index < -0.39 is 0 Å². The highest BCUT2D eigenvalue weighted by molar-refractivity contribution is 7.99. The van der Waals surface area contributed by atoms with E-state index in [-0.39, 0.29) is 0 Å². The molecule has 4 heteroatoms. The first-order valence-electron chi connectivity index (χ1n) is 5.87. The van der Waals surface area contributed by atoms with Crippen LogP contribution in [0, 0.1) is 0 Å². The number of hydrogen-bond donors (Lipinski definition) is 1. The van der Waals surface area contributed by atoms with Gasteiger partial charge in [0.15, 0.2) is 5.22 Å². The average molecular weight is 260 g/mol. The van der Waals surface area contributed by atoms with Crippen LogP contribution in [0.1, 0.15) is 31.9 Å². The molecule has 0 saturated heterocycles. The molecule has 0 aromatic carbocycles. The summed E-state index contributed by atoms with van der Waals surface area (Å²) < 4.78 is 5.32. The van der Waals surface area contributed by atoms with Gasteiger partial charge in [0.05, 0.1) is 6.54 Å². The normalized spacial score (nSPS) is 25.1. The van der Waals surface area contributed by atoms with Crippen LogP contribution in [0.5, 0.6) is 0 Å². The molecule has 1 aromatic heterocycles. The van der Waals surface area contributed by atoms with Crippen molar-refractivity contribution in [2.75, 3.05) is 5.75 Å². The van der Waals surface area contributed by atoms with Gasteiger partial charge < -0.3 is 9.73 Å². The molecule has 0 aliphatic heterocycles. The highest BCUT2D eigenvalue weighted by atomic mass is 35.5. The SMILES string of the molecule is CCSC1CCC(NCc2ccc(Cl)o2)C1. The monoisotopic (exact) mass is 259 g/mol. The van der Waals surface area contributed by atoms with Gasteiger partial charge in [0.2, 0.25) is 0 Å². The fourth-order valence-corrected chi connectivity index (χ4v) is 3.51. The molecule has 1 aliphatic rings. The molecule has 2 unspecified atom stereocenters. The summed E-state index contributed by atoms with van der Waals surface area (Å²) in [6.07, 6.45) is 3.91. The van der Waals surface area contributed by atoms with Gasteiger partial charge in [-0.1, -0.05) is 6.92 Å². The molecule has 0 amide bonds. The lowest BCUT2D eigenvalue weighted by Crippen LogP contribution is -2.25. The molecule has 0 bridgehead atoms. The second-order valence-corrected chi connectivity index (χ2v) is 6.12. The van der Waals surface area contributed by atoms with Crippen LogP contribution < -0.4 is 5.32 Å². The van der Waals surface area contributed by atoms with Crippen LogP contribution >= 0.6 is 23.4 Å². The van der Waals surface area contributed by atoms with Gasteiger partial charge in [-0.05, 0) is 48.7 Å². The summed E-state index contributed by atoms with van der Waals surface area (Å²) in [4.78, 5) is 0. The second kappa shape index (κ2) is 5.99. The van der Waals surface area contributed by atoms with Crippen LogP contribution in [-0.4, -0.2) is 17.0 Å². The van der Waals surface area contributed by atoms with E-state index in [0.717, 1.165) is 17.6 Å². The second-order valence-electron chi connectivity index (χ2n) is 4.17. The largest absolute Gasteiger partial charge is 0.448 e. The molecule has 1 N–H and O–H groups in total. The lowest BCUT2D eigenvalue weighted by atomic mass is 10.2. The fraction of sp³-hybridized carbons (Fsp3) is 0.667. The van der Waals surface area contributed by atoms with Crippen LogP contribution in [0.4, 0.5) is 0 Å². The van der Waals surface area contributed by atoms with Crippen LogP contribution in [0.25, 0.3) is 0 Å². The maximum absolute atomic E-state index is 5.72. The van der Waals surface area contributed by atoms with Crippen molar-refractivity contribution >= 4 is 23.4 Å². The van der Waals surface area contributed by atoms with Gasteiger partial charge in [0, 0.05) is 11.3 Å². The first-order chi connectivity index (χ1) is 7.78. The number of halogens is 1. The molecule has 1 fully saturated rings. The zero-order valence-corrected chi connectivity index (χ0v) is 11.1. The molecule has 1 heterocycles. The molecule has 1 aliphatic carbocycles. The zero-order chi connectivity index (χ0) is 11.4. The van der Waals surface area contributed by atoms with E-state index in [9.17, 15) is 0 Å². The van der Waals surface area contributed by atoms with Crippen LogP contribution in [0.15, 0.2) is 16.5 Å². The summed E-state index contributed by atoms with van der Waals surface area (Å²) in [5.41, 5.74) is 0. The third-order valence-electron chi connectivity index (χ3n) is 2.98. The van der Waals surface area contributed by atoms with Crippen LogP contribution in [0.3, 0.4) is 0 Å². The minimum absolute atomic E-state index is 0.475. The quantitative estimate of drug-likeness (QED) is 0.873. The van der Waals surface area contributed by atoms with Crippen LogP contribution in [-0.2, 0) is 6.54 Å². The summed E-state index contributed by atoms with van der Waals surface area (Å²) in [5.74, 6) is 2.15. The lowest BCUT2D eigenvalue weighted by molar-refractivity contribution is 0.447. The highest BCUT2D eigenvalue weighted by Gasteiger charge is 2.24. The maximum Gasteiger partial charge on any atom is 0.193 e. The summed E-state index contributed by atoms with van der Waals surface area (Å²) in [5, 5.41) is 4.86. The molecule has 90 valence electrons. The average Bonchev–Trinajstić information content (AvgIpc) is 2.85. The van der Waals surface area contributed by atoms with E-state index in [1.54, 1.807) is 6.07 Å². The van der Waals surface area contributed by atoms with Crippen molar-refractivity contribution in [2.24, 2.45) is 0 Å². The minimum atomic E-state index is 0.475. The van der Waals surface area contributed by atoms with Gasteiger partial charge in [-0.3, -0.25) is 0 Å². The highest BCUT2D eigenvalue weighted by Crippen LogP contribution is 2.29. The summed E-state index contributed by atoms with van der Waals surface area (Å²) in [6, 6.07) is 4.37. The molecular formula is C12H18ClNOS. The first kappa shape index (κ1) is 12.3. The first-order valence-corrected chi connectivity index (χ1v) is 7.29. The van der Waals surface area contributed by atoms with E-state index in [4.69, 9.17) is 16.0 Å². The number of furan rings is 1. The van der Waals surface area contributed by atoms with E-state index in [1.807, 2.05) is 6.07 Å². The molecule has 2 nitrogen and oxygen atoms in total. The van der Waals surface area contributed by atoms with Crippen molar-refractivity contribution in [3.8, 4) is 0 Å². The molecule has 1 aromatic rings. The predicted octanol–water partition coefficient (Wildman–Crippen LogP) is 3.70. The number of rotatable bonds is 5. The predicted molar refractivity (Wildman–Crippen MR) is 70.1 cm³/mol. The summed E-state index contributed by atoms with van der Waals surface area (Å²) >= 11 is 7.81. The summed E-state index contributed by atoms with van der Waals surface area (Å²) in [7, 11) is 0. The smallest absolute Gasteiger partial charge is 0.193 e. The third kappa shape index (κ3) is 3.44. The van der Waals surface area contributed by atoms with Crippen molar-refractivity contribution in [2.45, 2.75) is 44.0 Å². The van der Waals surface area contributed by atoms with Crippen molar-refractivity contribution in [3.63, 3.8) is 0 Å². The molecule has 16 heavy (non-hydrogen) atoms. The minimum Gasteiger partial charge on any atom is -0.448 e. The Kier molecular flexibility index (Phi) is 4.62. The van der Waals surface area contributed by atoms with Crippen molar-refractivity contribution < 1.29 is 4.42 Å². The van der Waals surface area contributed by atoms with Gasteiger partial charge in [-0.2, -0.15) is 11.8 Å². The Balaban J connectivity index is 1.71. The molecular weight excluding hydrogens is 242 g/mol. The Labute approximate surface area is 106 Å². The van der Waals surface area contributed by atoms with Crippen molar-refractivity contribution in [1.82, 2.24) is 5.32 Å². The molecule has 2 atom stereocenters. The Morgan fingerprint density at radius 2 is 2.38 bits per heavy atom. The third-order valence-corrected chi connectivity index (χ3v) is 4.42. The Morgan fingerprint density at radius 1 is 1.50 bits per heavy atom. The van der Waals surface area contributed by atoms with E-state index in [1.165, 1.54) is 25.0 Å². The number of thioether (sulfide) groups is 1. The van der Waals surface area contributed by atoms with Crippen LogP contribution in [0.2, 0.25) is 5.22 Å². The van der Waals surface area contributed by atoms with E-state index in [0.29, 0.717) is 11.3 Å². The molecule has 0 spiro atoms. The standard InChI is InChI=1S/C12H18ClNOS/c1-2-16-11-5-3-9(7-11)14-8-10-4-6-12(13)15-10/h4,6,9,11,14H,2-3,5,7-8H2,1H3. The Morgan fingerprint density at radius 3 is 3.06 bits per heavy atom. The summed E-state index contributed by atoms with van der Waals surface area (Å²) in [6.45, 7) is 3.02. The molecule has 1 saturated carbocycles. The zero-order valence-electron chi connectivity index (χ0n) is 9.54. The van der Waals surface area contributed by atoms with E-state index in [2.05, 4.69) is 24.0 Å². The van der Waals surface area contributed by atoms with Crippen molar-refractivity contribution in [1.29, 1.82) is 0 Å². The van der Waals surface area contributed by atoms with E-state index >= 15 is 0 Å². The van der Waals surface area contributed by atoms with Gasteiger partial charge in [0.1, 0.15) is 5.76 Å². The molecule has 2 rings (SSSR count). The fourth-order valence-electron chi connectivity index (χ4n) is 2.20. The van der Waals surface area contributed by atoms with Gasteiger partial charge in [-0.15, -0.1) is 0 Å².